The molecule has 8 nitrogen and oxygen atoms in total. The largest absolute Gasteiger partial charge is 0.368 e. The third-order valence-corrected chi connectivity index (χ3v) is 6.99. The summed E-state index contributed by atoms with van der Waals surface area (Å²) in [6, 6.07) is 11.9. The van der Waals surface area contributed by atoms with Crippen molar-refractivity contribution >= 4 is 27.5 Å². The number of aryl methyl sites for hydroxylation is 1. The summed E-state index contributed by atoms with van der Waals surface area (Å²) in [6.07, 6.45) is 0.294. The van der Waals surface area contributed by atoms with Gasteiger partial charge in [0.1, 0.15) is 6.04 Å². The number of halogens is 1. The molecule has 0 saturated heterocycles. The molecule has 0 fully saturated rings. The van der Waals surface area contributed by atoms with Crippen LogP contribution in [-0.4, -0.2) is 34.8 Å². The molecule has 3 aromatic rings. The van der Waals surface area contributed by atoms with Crippen LogP contribution in [0.3, 0.4) is 0 Å². The Labute approximate surface area is 192 Å². The third-order valence-electron chi connectivity index (χ3n) is 4.87. The monoisotopic (exact) mass is 476 g/mol. The van der Waals surface area contributed by atoms with Crippen LogP contribution in [0.15, 0.2) is 57.9 Å². The number of rotatable bonds is 9. The second-order valence-electron chi connectivity index (χ2n) is 7.89. The van der Waals surface area contributed by atoms with Crippen LogP contribution in [0.4, 0.5) is 0 Å². The first kappa shape index (κ1) is 23.9. The van der Waals surface area contributed by atoms with Crippen LogP contribution in [0.5, 0.6) is 0 Å². The highest BCUT2D eigenvalue weighted by Gasteiger charge is 2.35. The summed E-state index contributed by atoms with van der Waals surface area (Å²) in [6.45, 7) is 5.48. The van der Waals surface area contributed by atoms with Crippen LogP contribution in [0.1, 0.15) is 31.7 Å². The summed E-state index contributed by atoms with van der Waals surface area (Å²) in [5.41, 5.74) is 7.06. The topological polar surface area (TPSA) is 119 Å². The summed E-state index contributed by atoms with van der Waals surface area (Å²) in [5, 5.41) is 4.30. The maximum absolute atomic E-state index is 13.5. The molecule has 1 amide bonds. The molecule has 1 atom stereocenters. The highest BCUT2D eigenvalue weighted by atomic mass is 35.5. The molecule has 0 saturated carbocycles. The smallest absolute Gasteiger partial charge is 0.244 e. The van der Waals surface area contributed by atoms with Gasteiger partial charge < -0.3 is 10.3 Å². The third kappa shape index (κ3) is 5.53. The van der Waals surface area contributed by atoms with Crippen molar-refractivity contribution in [3.05, 3.63) is 65.0 Å². The van der Waals surface area contributed by atoms with Crippen LogP contribution < -0.4 is 5.73 Å². The Kier molecular flexibility index (Phi) is 7.33. The second-order valence-corrected chi connectivity index (χ2v) is 10.2. The van der Waals surface area contributed by atoms with Crippen LogP contribution in [0.2, 0.25) is 5.02 Å². The molecule has 1 aromatic heterocycles. The SMILES string of the molecule is Cc1nc(-c2ccc(CN([C@H](CC(C)C)C(N)=O)S(=O)(=O)c3ccc(Cl)cc3)cc2)no1. The second kappa shape index (κ2) is 9.81. The fourth-order valence-electron chi connectivity index (χ4n) is 3.28. The minimum absolute atomic E-state index is 0.0309. The van der Waals surface area contributed by atoms with Gasteiger partial charge in [-0.3, -0.25) is 4.79 Å². The maximum Gasteiger partial charge on any atom is 0.244 e. The zero-order valence-electron chi connectivity index (χ0n) is 18.0. The van der Waals surface area contributed by atoms with E-state index in [0.717, 1.165) is 9.87 Å². The van der Waals surface area contributed by atoms with E-state index in [2.05, 4.69) is 10.1 Å². The molecule has 0 aliphatic rings. The van der Waals surface area contributed by atoms with Crippen molar-refractivity contribution in [1.29, 1.82) is 0 Å². The Morgan fingerprint density at radius 3 is 2.25 bits per heavy atom. The standard InChI is InChI=1S/C22H25ClN4O4S/c1-14(2)12-20(21(24)28)27(32(29,30)19-10-8-18(23)9-11-19)13-16-4-6-17(7-5-16)22-25-15(3)31-26-22/h4-11,14,20H,12-13H2,1-3H3,(H2,24,28)/t20-/m1/s1. The van der Waals surface area contributed by atoms with Gasteiger partial charge in [0.25, 0.3) is 0 Å². The molecule has 10 heteroatoms. The van der Waals surface area contributed by atoms with Crippen LogP contribution in [-0.2, 0) is 21.4 Å². The Morgan fingerprint density at radius 1 is 1.12 bits per heavy atom. The van der Waals surface area contributed by atoms with Gasteiger partial charge in [-0.15, -0.1) is 0 Å². The lowest BCUT2D eigenvalue weighted by Crippen LogP contribution is -2.48. The molecule has 0 aliphatic carbocycles. The minimum Gasteiger partial charge on any atom is -0.368 e. The summed E-state index contributed by atoms with van der Waals surface area (Å²) < 4.78 is 33.2. The van der Waals surface area contributed by atoms with Gasteiger partial charge in [-0.1, -0.05) is 54.9 Å². The molecule has 32 heavy (non-hydrogen) atoms. The van der Waals surface area contributed by atoms with Gasteiger partial charge in [-0.05, 0) is 42.2 Å². The number of nitrogens with two attached hydrogens (primary N) is 1. The van der Waals surface area contributed by atoms with E-state index >= 15 is 0 Å². The number of carbonyl (C=O) groups excluding carboxylic acids is 1. The number of nitrogens with zero attached hydrogens (tertiary/aromatic N) is 3. The molecule has 0 bridgehead atoms. The number of benzene rings is 2. The first-order valence-electron chi connectivity index (χ1n) is 10.0. The average molecular weight is 477 g/mol. The Bertz CT molecular complexity index is 1180. The van der Waals surface area contributed by atoms with Crippen molar-refractivity contribution in [3.63, 3.8) is 0 Å². The van der Waals surface area contributed by atoms with Crippen LogP contribution in [0.25, 0.3) is 11.4 Å². The van der Waals surface area contributed by atoms with Crippen molar-refractivity contribution in [3.8, 4) is 11.4 Å². The molecule has 2 N–H and O–H groups in total. The van der Waals surface area contributed by atoms with Crippen molar-refractivity contribution in [2.45, 2.75) is 44.7 Å². The number of amides is 1. The zero-order chi connectivity index (χ0) is 23.5. The van der Waals surface area contributed by atoms with Crippen LogP contribution >= 0.6 is 11.6 Å². The van der Waals surface area contributed by atoms with Gasteiger partial charge in [0.2, 0.25) is 27.6 Å². The maximum atomic E-state index is 13.5. The quantitative estimate of drug-likeness (QED) is 0.501. The van der Waals surface area contributed by atoms with Gasteiger partial charge in [0, 0.05) is 24.1 Å². The fraction of sp³-hybridized carbons (Fsp3) is 0.318. The first-order valence-corrected chi connectivity index (χ1v) is 11.9. The molecular weight excluding hydrogens is 452 g/mol. The average Bonchev–Trinajstić information content (AvgIpc) is 3.17. The Morgan fingerprint density at radius 2 is 1.75 bits per heavy atom. The number of aromatic nitrogens is 2. The number of sulfonamides is 1. The number of primary amides is 1. The van der Waals surface area contributed by atoms with E-state index in [9.17, 15) is 13.2 Å². The summed E-state index contributed by atoms with van der Waals surface area (Å²) in [4.78, 5) is 16.5. The highest BCUT2D eigenvalue weighted by molar-refractivity contribution is 7.89. The molecule has 0 unspecified atom stereocenters. The normalized spacial score (nSPS) is 12.9. The van der Waals surface area contributed by atoms with E-state index in [1.54, 1.807) is 31.2 Å². The first-order chi connectivity index (χ1) is 15.1. The number of hydrogen-bond acceptors (Lipinski definition) is 6. The van der Waals surface area contributed by atoms with Crippen LogP contribution in [0, 0.1) is 12.8 Å². The lowest BCUT2D eigenvalue weighted by Gasteiger charge is -2.30. The van der Waals surface area contributed by atoms with Gasteiger partial charge in [0.15, 0.2) is 0 Å². The molecule has 1 heterocycles. The predicted octanol–water partition coefficient (Wildman–Crippen LogP) is 3.79. The van der Waals surface area contributed by atoms with E-state index in [0.29, 0.717) is 28.7 Å². The van der Waals surface area contributed by atoms with Gasteiger partial charge in [-0.25, -0.2) is 8.42 Å². The van der Waals surface area contributed by atoms with Crippen molar-refractivity contribution < 1.29 is 17.7 Å². The van der Waals surface area contributed by atoms with Gasteiger partial charge in [-0.2, -0.15) is 9.29 Å². The van der Waals surface area contributed by atoms with E-state index in [1.807, 2.05) is 13.8 Å². The molecule has 0 aliphatic heterocycles. The van der Waals surface area contributed by atoms with E-state index in [-0.39, 0.29) is 17.4 Å². The van der Waals surface area contributed by atoms with E-state index in [1.165, 1.54) is 24.3 Å². The summed E-state index contributed by atoms with van der Waals surface area (Å²) in [7, 11) is -4.03. The fourth-order valence-corrected chi connectivity index (χ4v) is 5.00. The highest BCUT2D eigenvalue weighted by Crippen LogP contribution is 2.26. The molecule has 2 aromatic carbocycles. The molecule has 170 valence electrons. The molecule has 0 radical (unpaired) electrons. The Balaban J connectivity index is 1.98. The lowest BCUT2D eigenvalue weighted by molar-refractivity contribution is -0.122. The minimum atomic E-state index is -4.03. The number of hydrogen-bond donors (Lipinski definition) is 1. The van der Waals surface area contributed by atoms with Gasteiger partial charge >= 0.3 is 0 Å². The molecular formula is C22H25ClN4O4S. The van der Waals surface area contributed by atoms with Crippen molar-refractivity contribution in [2.75, 3.05) is 0 Å². The molecule has 3 rings (SSSR count). The molecule has 0 spiro atoms. The predicted molar refractivity (Wildman–Crippen MR) is 121 cm³/mol. The van der Waals surface area contributed by atoms with Crippen molar-refractivity contribution in [2.24, 2.45) is 11.7 Å². The Hall–Kier alpha value is -2.75. The zero-order valence-corrected chi connectivity index (χ0v) is 19.6. The van der Waals surface area contributed by atoms with Crippen molar-refractivity contribution in [1.82, 2.24) is 14.4 Å². The van der Waals surface area contributed by atoms with E-state index < -0.39 is 22.0 Å². The summed E-state index contributed by atoms with van der Waals surface area (Å²) in [5.74, 6) is 0.242. The lowest BCUT2D eigenvalue weighted by atomic mass is 10.0. The van der Waals surface area contributed by atoms with Gasteiger partial charge in [0.05, 0.1) is 4.90 Å². The van der Waals surface area contributed by atoms with E-state index in [4.69, 9.17) is 21.9 Å². The number of carbonyl (C=O) groups is 1. The summed E-state index contributed by atoms with van der Waals surface area (Å²) >= 11 is 5.92.